The van der Waals surface area contributed by atoms with Gasteiger partial charge in [-0.25, -0.2) is 4.79 Å². The summed E-state index contributed by atoms with van der Waals surface area (Å²) in [6, 6.07) is 15.7. The minimum absolute atomic E-state index is 0.0302. The highest BCUT2D eigenvalue weighted by Crippen LogP contribution is 2.34. The van der Waals surface area contributed by atoms with Crippen LogP contribution in [0.2, 0.25) is 0 Å². The second-order valence-corrected chi connectivity index (χ2v) is 12.8. The standard InChI is InChI=1S/C38H42F3N7O4/c1-4-48(29-11-12-32(42)30(20-29)34(43)27-6-5-23(2)31(19-27)38(39,40)41)36(50)28-13-16-46(21-28)22-33(49)47-17-14-25(15-18-47)24-7-9-26(10-8-24)35(44)52-37(51)45-3/h5-12,14,19-20,28,43-44H,4,13,15-18,21-22,42H2,1-3H3,(H,45,51)/t28-/m1/s1. The van der Waals surface area contributed by atoms with E-state index in [1.807, 2.05) is 30.0 Å². The van der Waals surface area contributed by atoms with Crippen LogP contribution in [0.3, 0.4) is 0 Å². The van der Waals surface area contributed by atoms with E-state index in [2.05, 4.69) is 5.32 Å². The number of anilines is 2. The fourth-order valence-corrected chi connectivity index (χ4v) is 6.52. The molecule has 2 heterocycles. The number of benzene rings is 3. The number of nitrogen functional groups attached to an aromatic ring is 1. The van der Waals surface area contributed by atoms with Gasteiger partial charge in [0.25, 0.3) is 0 Å². The van der Waals surface area contributed by atoms with Gasteiger partial charge >= 0.3 is 12.3 Å². The molecular formula is C38H42F3N7O4. The third kappa shape index (κ3) is 8.51. The van der Waals surface area contributed by atoms with Crippen LogP contribution in [-0.2, 0) is 20.5 Å². The highest BCUT2D eigenvalue weighted by molar-refractivity contribution is 6.14. The first kappa shape index (κ1) is 37.7. The molecule has 0 bridgehead atoms. The van der Waals surface area contributed by atoms with Gasteiger partial charge in [0, 0.05) is 61.3 Å². The maximum absolute atomic E-state index is 13.8. The van der Waals surface area contributed by atoms with E-state index in [9.17, 15) is 27.6 Å². The van der Waals surface area contributed by atoms with Gasteiger partial charge in [-0.3, -0.25) is 25.3 Å². The van der Waals surface area contributed by atoms with Crippen molar-refractivity contribution in [3.8, 4) is 0 Å². The largest absolute Gasteiger partial charge is 0.416 e. The summed E-state index contributed by atoms with van der Waals surface area (Å²) in [5, 5.41) is 18.9. The summed E-state index contributed by atoms with van der Waals surface area (Å²) in [7, 11) is 1.42. The number of alkyl halides is 3. The van der Waals surface area contributed by atoms with E-state index in [-0.39, 0.29) is 58.3 Å². The van der Waals surface area contributed by atoms with Crippen molar-refractivity contribution in [1.29, 1.82) is 10.8 Å². The Bertz CT molecular complexity index is 1910. The highest BCUT2D eigenvalue weighted by atomic mass is 19.4. The van der Waals surface area contributed by atoms with Gasteiger partial charge in [0.2, 0.25) is 17.7 Å². The summed E-state index contributed by atoms with van der Waals surface area (Å²) >= 11 is 0. The molecule has 0 radical (unpaired) electrons. The lowest BCUT2D eigenvalue weighted by Gasteiger charge is -2.29. The summed E-state index contributed by atoms with van der Waals surface area (Å²) in [5.41, 5.74) is 8.72. The maximum atomic E-state index is 13.8. The number of carbonyl (C=O) groups excluding carboxylic acids is 3. The Morgan fingerprint density at radius 2 is 1.73 bits per heavy atom. The Morgan fingerprint density at radius 3 is 2.37 bits per heavy atom. The molecule has 1 saturated heterocycles. The summed E-state index contributed by atoms with van der Waals surface area (Å²) in [4.78, 5) is 43.8. The van der Waals surface area contributed by atoms with Gasteiger partial charge in [0.1, 0.15) is 0 Å². The van der Waals surface area contributed by atoms with Gasteiger partial charge < -0.3 is 25.6 Å². The maximum Gasteiger partial charge on any atom is 0.416 e. The third-order valence-corrected chi connectivity index (χ3v) is 9.49. The average Bonchev–Trinajstić information content (AvgIpc) is 3.60. The normalized spacial score (nSPS) is 16.2. The van der Waals surface area contributed by atoms with Crippen molar-refractivity contribution in [2.24, 2.45) is 5.92 Å². The summed E-state index contributed by atoms with van der Waals surface area (Å²) < 4.78 is 45.6. The molecule has 14 heteroatoms. The smallest absolute Gasteiger partial charge is 0.398 e. The molecule has 3 aromatic rings. The molecule has 0 aliphatic carbocycles. The van der Waals surface area contributed by atoms with Crippen LogP contribution in [0.15, 0.2) is 66.7 Å². The lowest BCUT2D eigenvalue weighted by Crippen LogP contribution is -2.42. The van der Waals surface area contributed by atoms with Gasteiger partial charge in [-0.1, -0.05) is 30.3 Å². The van der Waals surface area contributed by atoms with E-state index < -0.39 is 17.8 Å². The molecule has 0 unspecified atom stereocenters. The fraction of sp³-hybridized carbons (Fsp3) is 0.342. The van der Waals surface area contributed by atoms with Crippen molar-refractivity contribution in [2.45, 2.75) is 32.9 Å². The lowest BCUT2D eigenvalue weighted by atomic mass is 9.96. The molecule has 3 amide bonds. The zero-order valence-electron chi connectivity index (χ0n) is 29.3. The highest BCUT2D eigenvalue weighted by Gasteiger charge is 2.35. The van der Waals surface area contributed by atoms with Crippen molar-refractivity contribution in [3.63, 3.8) is 0 Å². The van der Waals surface area contributed by atoms with Gasteiger partial charge in [0.15, 0.2) is 0 Å². The average molecular weight is 718 g/mol. The molecule has 2 aliphatic heterocycles. The molecule has 1 atom stereocenters. The van der Waals surface area contributed by atoms with E-state index >= 15 is 0 Å². The van der Waals surface area contributed by atoms with Crippen LogP contribution in [-0.4, -0.2) is 85.6 Å². The molecular weight excluding hydrogens is 675 g/mol. The first-order chi connectivity index (χ1) is 24.7. The number of amides is 3. The van der Waals surface area contributed by atoms with Crippen LogP contribution in [0.1, 0.15) is 53.1 Å². The Balaban J connectivity index is 1.18. The number of ether oxygens (including phenoxy) is 1. The minimum atomic E-state index is -4.57. The first-order valence-corrected chi connectivity index (χ1v) is 17.0. The second-order valence-electron chi connectivity index (χ2n) is 12.8. The molecule has 3 aromatic carbocycles. The molecule has 5 rings (SSSR count). The molecule has 52 heavy (non-hydrogen) atoms. The van der Waals surface area contributed by atoms with Crippen molar-refractivity contribution >= 4 is 46.5 Å². The Kier molecular flexibility index (Phi) is 11.5. The number of nitrogens with two attached hydrogens (primary N) is 1. The van der Waals surface area contributed by atoms with E-state index in [0.717, 1.165) is 17.2 Å². The number of carbonyl (C=O) groups is 3. The number of nitrogens with zero attached hydrogens (tertiary/aromatic N) is 3. The first-order valence-electron chi connectivity index (χ1n) is 17.0. The Morgan fingerprint density at radius 1 is 1.02 bits per heavy atom. The summed E-state index contributed by atoms with van der Waals surface area (Å²) in [5.74, 6) is -0.783. The Hall–Kier alpha value is -5.50. The van der Waals surface area contributed by atoms with Gasteiger partial charge in [-0.15, -0.1) is 0 Å². The van der Waals surface area contributed by atoms with Crippen molar-refractivity contribution in [3.05, 3.63) is 100 Å². The second kappa shape index (κ2) is 15.8. The van der Waals surface area contributed by atoms with Gasteiger partial charge in [0.05, 0.1) is 23.7 Å². The van der Waals surface area contributed by atoms with Crippen LogP contribution < -0.4 is 16.0 Å². The summed E-state index contributed by atoms with van der Waals surface area (Å²) in [6.07, 6.45) is -2.06. The molecule has 5 N–H and O–H groups in total. The van der Waals surface area contributed by atoms with Crippen LogP contribution in [0.25, 0.3) is 5.57 Å². The number of halogens is 3. The molecule has 1 fully saturated rings. The molecule has 0 spiro atoms. The van der Waals surface area contributed by atoms with Gasteiger partial charge in [-0.05, 0) is 86.3 Å². The predicted molar refractivity (Wildman–Crippen MR) is 194 cm³/mol. The van der Waals surface area contributed by atoms with Crippen molar-refractivity contribution in [1.82, 2.24) is 15.1 Å². The van der Waals surface area contributed by atoms with E-state index in [0.29, 0.717) is 56.8 Å². The zero-order valence-corrected chi connectivity index (χ0v) is 29.3. The molecule has 0 aromatic heterocycles. The van der Waals surface area contributed by atoms with Crippen LogP contribution >= 0.6 is 0 Å². The van der Waals surface area contributed by atoms with E-state index in [1.165, 1.54) is 26.1 Å². The number of hydrogen-bond donors (Lipinski definition) is 4. The van der Waals surface area contributed by atoms with Crippen LogP contribution in [0.4, 0.5) is 29.3 Å². The number of nitrogens with one attached hydrogen (secondary N) is 3. The number of aryl methyl sites for hydroxylation is 1. The molecule has 2 aliphatic rings. The quantitative estimate of drug-likeness (QED) is 0.127. The lowest BCUT2D eigenvalue weighted by molar-refractivity contribution is -0.138. The number of alkyl carbamates (subject to hydrolysis) is 1. The summed E-state index contributed by atoms with van der Waals surface area (Å²) in [6.45, 7) is 5.66. The monoisotopic (exact) mass is 717 g/mol. The molecule has 0 saturated carbocycles. The minimum Gasteiger partial charge on any atom is -0.398 e. The number of likely N-dealkylation sites (tertiary alicyclic amines) is 1. The van der Waals surface area contributed by atoms with E-state index in [4.69, 9.17) is 21.3 Å². The third-order valence-electron chi connectivity index (χ3n) is 9.49. The number of rotatable bonds is 9. The SMILES string of the molecule is CCN(C(=O)[C@@H]1CCN(CC(=O)N2CC=C(c3ccc(C(=N)OC(=O)NC)cc3)CC2)C1)c1ccc(N)c(C(=N)c2ccc(C)c(C(F)(F)F)c2)c1. The number of hydrogen-bond acceptors (Lipinski definition) is 8. The fourth-order valence-electron chi connectivity index (χ4n) is 6.52. The van der Waals surface area contributed by atoms with Crippen LogP contribution in [0, 0.1) is 23.7 Å². The Labute approximate surface area is 300 Å². The van der Waals surface area contributed by atoms with Crippen LogP contribution in [0.5, 0.6) is 0 Å². The zero-order chi connectivity index (χ0) is 37.7. The molecule has 274 valence electrons. The topological polar surface area (TPSA) is 156 Å². The predicted octanol–water partition coefficient (Wildman–Crippen LogP) is 5.68. The van der Waals surface area contributed by atoms with Crippen molar-refractivity contribution < 1.29 is 32.3 Å². The molecule has 11 nitrogen and oxygen atoms in total. The van der Waals surface area contributed by atoms with Gasteiger partial charge in [-0.2, -0.15) is 13.2 Å². The van der Waals surface area contributed by atoms with Crippen molar-refractivity contribution in [2.75, 3.05) is 56.9 Å². The van der Waals surface area contributed by atoms with E-state index in [1.54, 1.807) is 40.1 Å².